The molecule has 2 rings (SSSR count). The van der Waals surface area contributed by atoms with Gasteiger partial charge in [-0.3, -0.25) is 0 Å². The van der Waals surface area contributed by atoms with Gasteiger partial charge in [-0.25, -0.2) is 13.4 Å². The van der Waals surface area contributed by atoms with Gasteiger partial charge < -0.3 is 4.74 Å². The van der Waals surface area contributed by atoms with Crippen molar-refractivity contribution in [3.8, 4) is 5.88 Å². The highest BCUT2D eigenvalue weighted by Gasteiger charge is 2.31. The van der Waals surface area contributed by atoms with Crippen molar-refractivity contribution in [1.82, 2.24) is 14.3 Å². The van der Waals surface area contributed by atoms with Gasteiger partial charge in [0, 0.05) is 18.8 Å². The summed E-state index contributed by atoms with van der Waals surface area (Å²) >= 11 is 0. The highest BCUT2D eigenvalue weighted by atomic mass is 32.2. The Morgan fingerprint density at radius 1 is 1.45 bits per heavy atom. The number of hydrogen-bond acceptors (Lipinski definition) is 5. The summed E-state index contributed by atoms with van der Waals surface area (Å²) in [5, 5.41) is -0.400. The van der Waals surface area contributed by atoms with Crippen molar-refractivity contribution >= 4 is 10.0 Å². The first-order chi connectivity index (χ1) is 9.39. The zero-order valence-electron chi connectivity index (χ0n) is 12.1. The normalized spacial score (nSPS) is 21.1. The molecule has 0 amide bonds. The Morgan fingerprint density at radius 2 is 2.20 bits per heavy atom. The second-order valence-corrected chi connectivity index (χ2v) is 7.77. The maximum Gasteiger partial charge on any atom is 0.216 e. The predicted octanol–water partition coefficient (Wildman–Crippen LogP) is 1.37. The minimum atomic E-state index is -3.21. The molecule has 0 N–H and O–H groups in total. The Bertz CT molecular complexity index is 560. The summed E-state index contributed by atoms with van der Waals surface area (Å²) in [4.78, 5) is 8.20. The van der Waals surface area contributed by atoms with E-state index in [2.05, 4.69) is 9.97 Å². The highest BCUT2D eigenvalue weighted by Crippen LogP contribution is 2.20. The molecule has 1 aliphatic heterocycles. The van der Waals surface area contributed by atoms with Crippen molar-refractivity contribution in [2.24, 2.45) is 0 Å². The van der Waals surface area contributed by atoms with Crippen molar-refractivity contribution in [2.45, 2.75) is 45.0 Å². The average Bonchev–Trinajstić information content (AvgIpc) is 2.39. The number of nitrogens with zero attached hydrogens (tertiary/aromatic N) is 3. The molecule has 0 saturated carbocycles. The van der Waals surface area contributed by atoms with Crippen molar-refractivity contribution < 1.29 is 13.2 Å². The van der Waals surface area contributed by atoms with Crippen LogP contribution in [-0.2, 0) is 10.0 Å². The molecule has 0 radical (unpaired) electrons. The van der Waals surface area contributed by atoms with Crippen LogP contribution in [0.1, 0.15) is 32.5 Å². The number of hydrogen-bond donors (Lipinski definition) is 0. The van der Waals surface area contributed by atoms with Gasteiger partial charge in [0.25, 0.3) is 0 Å². The molecule has 1 aromatic rings. The lowest BCUT2D eigenvalue weighted by atomic mass is 10.1. The summed E-state index contributed by atoms with van der Waals surface area (Å²) in [6.45, 7) is 6.16. The standard InChI is InChI=1S/C13H21N3O3S/c1-10(2)20(17,18)16-8-4-5-12(9-16)19-13-6-7-14-11(3)15-13/h6-7,10,12H,4-5,8-9H2,1-3H3. The van der Waals surface area contributed by atoms with Gasteiger partial charge in [-0.05, 0) is 33.6 Å². The Morgan fingerprint density at radius 3 is 2.85 bits per heavy atom. The molecule has 0 aliphatic carbocycles. The van der Waals surface area contributed by atoms with Crippen molar-refractivity contribution in [1.29, 1.82) is 0 Å². The number of ether oxygens (including phenoxy) is 1. The average molecular weight is 299 g/mol. The number of aryl methyl sites for hydroxylation is 1. The van der Waals surface area contributed by atoms with Crippen LogP contribution in [0, 0.1) is 6.92 Å². The molecule has 0 spiro atoms. The minimum Gasteiger partial charge on any atom is -0.473 e. The van der Waals surface area contributed by atoms with Gasteiger partial charge in [-0.15, -0.1) is 0 Å². The van der Waals surface area contributed by atoms with E-state index in [4.69, 9.17) is 4.74 Å². The molecule has 0 bridgehead atoms. The fraction of sp³-hybridized carbons (Fsp3) is 0.692. The van der Waals surface area contributed by atoms with Crippen molar-refractivity contribution in [3.63, 3.8) is 0 Å². The van der Waals surface area contributed by atoms with Crippen molar-refractivity contribution in [2.75, 3.05) is 13.1 Å². The van der Waals surface area contributed by atoms with Crippen LogP contribution in [0.25, 0.3) is 0 Å². The Labute approximate surface area is 120 Å². The lowest BCUT2D eigenvalue weighted by Crippen LogP contribution is -2.46. The Hall–Kier alpha value is -1.21. The van der Waals surface area contributed by atoms with Gasteiger partial charge in [0.15, 0.2) is 0 Å². The van der Waals surface area contributed by atoms with Crippen LogP contribution in [0.5, 0.6) is 5.88 Å². The largest absolute Gasteiger partial charge is 0.473 e. The van der Waals surface area contributed by atoms with Gasteiger partial charge in [-0.2, -0.15) is 9.29 Å². The molecule has 112 valence electrons. The van der Waals surface area contributed by atoms with E-state index >= 15 is 0 Å². The number of rotatable bonds is 4. The van der Waals surface area contributed by atoms with Gasteiger partial charge in [0.2, 0.25) is 15.9 Å². The molecule has 1 unspecified atom stereocenters. The smallest absolute Gasteiger partial charge is 0.216 e. The van der Waals surface area contributed by atoms with Crippen LogP contribution >= 0.6 is 0 Å². The van der Waals surface area contributed by atoms with E-state index in [1.54, 1.807) is 33.0 Å². The summed E-state index contributed by atoms with van der Waals surface area (Å²) < 4.78 is 31.7. The number of piperidine rings is 1. The summed E-state index contributed by atoms with van der Waals surface area (Å²) in [6.07, 6.45) is 3.14. The molecule has 20 heavy (non-hydrogen) atoms. The van der Waals surface area contributed by atoms with Gasteiger partial charge in [-0.1, -0.05) is 0 Å². The maximum atomic E-state index is 12.2. The molecule has 7 heteroatoms. The van der Waals surface area contributed by atoms with E-state index in [9.17, 15) is 8.42 Å². The van der Waals surface area contributed by atoms with Crippen LogP contribution in [-0.4, -0.2) is 47.1 Å². The summed E-state index contributed by atoms with van der Waals surface area (Å²) in [5.41, 5.74) is 0. The van der Waals surface area contributed by atoms with Gasteiger partial charge >= 0.3 is 0 Å². The summed E-state index contributed by atoms with van der Waals surface area (Å²) in [5.74, 6) is 1.15. The quantitative estimate of drug-likeness (QED) is 0.839. The third-order valence-electron chi connectivity index (χ3n) is 3.33. The lowest BCUT2D eigenvalue weighted by molar-refractivity contribution is 0.124. The van der Waals surface area contributed by atoms with E-state index in [1.165, 1.54) is 4.31 Å². The Balaban J connectivity index is 2.04. The summed E-state index contributed by atoms with van der Waals surface area (Å²) in [7, 11) is -3.21. The van der Waals surface area contributed by atoms with E-state index in [1.807, 2.05) is 0 Å². The second-order valence-electron chi connectivity index (χ2n) is 5.28. The minimum absolute atomic E-state index is 0.147. The van der Waals surface area contributed by atoms with Gasteiger partial charge in [0.1, 0.15) is 11.9 Å². The number of sulfonamides is 1. The number of aromatic nitrogens is 2. The third-order valence-corrected chi connectivity index (χ3v) is 5.58. The first-order valence-corrected chi connectivity index (χ1v) is 8.35. The Kier molecular flexibility index (Phi) is 4.59. The van der Waals surface area contributed by atoms with Crippen LogP contribution < -0.4 is 4.74 Å². The van der Waals surface area contributed by atoms with Crippen LogP contribution in [0.3, 0.4) is 0 Å². The molecule has 1 saturated heterocycles. The van der Waals surface area contributed by atoms with Crippen LogP contribution in [0.2, 0.25) is 0 Å². The monoisotopic (exact) mass is 299 g/mol. The molecule has 1 aliphatic rings. The molecule has 1 aromatic heterocycles. The molecular weight excluding hydrogens is 278 g/mol. The first kappa shape index (κ1) is 15.2. The second kappa shape index (κ2) is 6.05. The lowest BCUT2D eigenvalue weighted by Gasteiger charge is -2.32. The molecule has 1 atom stereocenters. The van der Waals surface area contributed by atoms with E-state index in [0.29, 0.717) is 24.8 Å². The maximum absolute atomic E-state index is 12.2. The zero-order valence-corrected chi connectivity index (χ0v) is 12.9. The fourth-order valence-electron chi connectivity index (χ4n) is 2.20. The fourth-order valence-corrected chi connectivity index (χ4v) is 3.56. The molecule has 2 heterocycles. The molecular formula is C13H21N3O3S. The van der Waals surface area contributed by atoms with Crippen LogP contribution in [0.4, 0.5) is 0 Å². The van der Waals surface area contributed by atoms with E-state index < -0.39 is 15.3 Å². The topological polar surface area (TPSA) is 72.4 Å². The van der Waals surface area contributed by atoms with E-state index in [0.717, 1.165) is 12.8 Å². The summed E-state index contributed by atoms with van der Waals surface area (Å²) in [6, 6.07) is 1.70. The van der Waals surface area contributed by atoms with Crippen LogP contribution in [0.15, 0.2) is 12.3 Å². The zero-order chi connectivity index (χ0) is 14.8. The molecule has 0 aromatic carbocycles. The third kappa shape index (κ3) is 3.46. The van der Waals surface area contributed by atoms with Crippen molar-refractivity contribution in [3.05, 3.63) is 18.1 Å². The predicted molar refractivity (Wildman–Crippen MR) is 76.0 cm³/mol. The van der Waals surface area contributed by atoms with Gasteiger partial charge in [0.05, 0.1) is 11.8 Å². The molecule has 1 fully saturated rings. The first-order valence-electron chi connectivity index (χ1n) is 6.85. The molecule has 6 nitrogen and oxygen atoms in total. The highest BCUT2D eigenvalue weighted by molar-refractivity contribution is 7.89. The van der Waals surface area contributed by atoms with E-state index in [-0.39, 0.29) is 6.10 Å². The SMILES string of the molecule is Cc1nccc(OC2CCCN(S(=O)(=O)C(C)C)C2)n1.